The number of nitrogen functional groups attached to an aromatic ring is 1. The van der Waals surface area contributed by atoms with Crippen molar-refractivity contribution in [3.63, 3.8) is 0 Å². The van der Waals surface area contributed by atoms with E-state index in [1.807, 2.05) is 30.5 Å². The van der Waals surface area contributed by atoms with E-state index in [1.165, 1.54) is 5.56 Å². The molecule has 0 unspecified atom stereocenters. The van der Waals surface area contributed by atoms with Gasteiger partial charge in [-0.25, -0.2) is 0 Å². The molecule has 4 rings (SSSR count). The largest absolute Gasteiger partial charge is 0.367 e. The van der Waals surface area contributed by atoms with Crippen molar-refractivity contribution in [2.75, 3.05) is 18.8 Å². The van der Waals surface area contributed by atoms with Crippen LogP contribution in [0.15, 0.2) is 42.7 Å². The first-order valence-electron chi connectivity index (χ1n) is 8.54. The van der Waals surface area contributed by atoms with Gasteiger partial charge in [-0.05, 0) is 49.7 Å². The molecule has 7 heteroatoms. The van der Waals surface area contributed by atoms with Gasteiger partial charge in [0, 0.05) is 24.9 Å². The Kier molecular flexibility index (Phi) is 4.39. The SMILES string of the molecule is Nc1n[nH]c(C2CCN(Cc3ccc(-c4ccccn4)nc3)CC2)n1. The van der Waals surface area contributed by atoms with Crippen LogP contribution in [0.4, 0.5) is 5.95 Å². The van der Waals surface area contributed by atoms with Crippen LogP contribution in [0.1, 0.15) is 30.1 Å². The topological polar surface area (TPSA) is 96.6 Å². The highest BCUT2D eigenvalue weighted by atomic mass is 15.3. The predicted octanol–water partition coefficient (Wildman–Crippen LogP) is 2.22. The summed E-state index contributed by atoms with van der Waals surface area (Å²) in [6.07, 6.45) is 5.87. The van der Waals surface area contributed by atoms with Crippen LogP contribution in [-0.4, -0.2) is 43.1 Å². The maximum Gasteiger partial charge on any atom is 0.239 e. The van der Waals surface area contributed by atoms with Gasteiger partial charge in [-0.1, -0.05) is 12.1 Å². The molecule has 0 atom stereocenters. The second-order valence-electron chi connectivity index (χ2n) is 6.40. The minimum Gasteiger partial charge on any atom is -0.367 e. The normalized spacial score (nSPS) is 16.2. The molecule has 1 fully saturated rings. The molecule has 128 valence electrons. The van der Waals surface area contributed by atoms with E-state index in [0.29, 0.717) is 11.9 Å². The minimum atomic E-state index is 0.330. The van der Waals surface area contributed by atoms with Crippen molar-refractivity contribution in [1.29, 1.82) is 0 Å². The summed E-state index contributed by atoms with van der Waals surface area (Å²) in [7, 11) is 0. The van der Waals surface area contributed by atoms with E-state index in [0.717, 1.165) is 49.7 Å². The number of rotatable bonds is 4. The van der Waals surface area contributed by atoms with Crippen molar-refractivity contribution in [3.05, 3.63) is 54.1 Å². The number of likely N-dealkylation sites (tertiary alicyclic amines) is 1. The monoisotopic (exact) mass is 335 g/mol. The van der Waals surface area contributed by atoms with Crippen molar-refractivity contribution in [2.45, 2.75) is 25.3 Å². The van der Waals surface area contributed by atoms with Crippen LogP contribution in [0.3, 0.4) is 0 Å². The van der Waals surface area contributed by atoms with Crippen molar-refractivity contribution < 1.29 is 0 Å². The number of hydrogen-bond acceptors (Lipinski definition) is 6. The summed E-state index contributed by atoms with van der Waals surface area (Å²) >= 11 is 0. The molecule has 7 nitrogen and oxygen atoms in total. The molecular weight excluding hydrogens is 314 g/mol. The van der Waals surface area contributed by atoms with Gasteiger partial charge >= 0.3 is 0 Å². The maximum atomic E-state index is 5.59. The lowest BCUT2D eigenvalue weighted by molar-refractivity contribution is 0.201. The average molecular weight is 335 g/mol. The van der Waals surface area contributed by atoms with E-state index in [1.54, 1.807) is 6.20 Å². The summed E-state index contributed by atoms with van der Waals surface area (Å²) < 4.78 is 0. The van der Waals surface area contributed by atoms with Gasteiger partial charge in [-0.15, -0.1) is 5.10 Å². The quantitative estimate of drug-likeness (QED) is 0.759. The number of aromatic nitrogens is 5. The Bertz CT molecular complexity index is 805. The first kappa shape index (κ1) is 15.7. The summed E-state index contributed by atoms with van der Waals surface area (Å²) in [5.41, 5.74) is 8.63. The predicted molar refractivity (Wildman–Crippen MR) is 95.5 cm³/mol. The number of nitrogens with zero attached hydrogens (tertiary/aromatic N) is 5. The zero-order valence-corrected chi connectivity index (χ0v) is 14.0. The van der Waals surface area contributed by atoms with Gasteiger partial charge in [0.05, 0.1) is 11.4 Å². The smallest absolute Gasteiger partial charge is 0.239 e. The number of nitrogens with two attached hydrogens (primary N) is 1. The van der Waals surface area contributed by atoms with Crippen LogP contribution in [0, 0.1) is 0 Å². The van der Waals surface area contributed by atoms with Gasteiger partial charge in [0.25, 0.3) is 0 Å². The molecule has 0 amide bonds. The highest BCUT2D eigenvalue weighted by Gasteiger charge is 2.23. The molecule has 0 saturated carbocycles. The fourth-order valence-corrected chi connectivity index (χ4v) is 3.28. The van der Waals surface area contributed by atoms with E-state index >= 15 is 0 Å². The van der Waals surface area contributed by atoms with Gasteiger partial charge < -0.3 is 5.73 Å². The van der Waals surface area contributed by atoms with Gasteiger partial charge in [-0.2, -0.15) is 4.98 Å². The van der Waals surface area contributed by atoms with Crippen molar-refractivity contribution in [3.8, 4) is 11.4 Å². The molecular formula is C18H21N7. The third kappa shape index (κ3) is 3.66. The first-order chi connectivity index (χ1) is 12.3. The Labute approximate surface area is 146 Å². The number of piperidine rings is 1. The number of anilines is 1. The summed E-state index contributed by atoms with van der Waals surface area (Å²) in [5.74, 6) is 1.67. The standard InChI is InChI=1S/C18H21N7/c19-18-22-17(23-24-18)14-6-9-25(10-7-14)12-13-4-5-16(21-11-13)15-3-1-2-8-20-15/h1-5,8,11,14H,6-7,9-10,12H2,(H3,19,22,23,24). The molecule has 0 bridgehead atoms. The molecule has 1 aliphatic heterocycles. The first-order valence-corrected chi connectivity index (χ1v) is 8.54. The Morgan fingerprint density at radius 2 is 1.92 bits per heavy atom. The molecule has 25 heavy (non-hydrogen) atoms. The molecule has 3 aromatic rings. The van der Waals surface area contributed by atoms with Gasteiger partial charge in [0.2, 0.25) is 5.95 Å². The van der Waals surface area contributed by atoms with E-state index in [-0.39, 0.29) is 0 Å². The highest BCUT2D eigenvalue weighted by molar-refractivity contribution is 5.53. The Hall–Kier alpha value is -2.80. The fourth-order valence-electron chi connectivity index (χ4n) is 3.28. The fraction of sp³-hybridized carbons (Fsp3) is 0.333. The Balaban J connectivity index is 1.34. The number of H-pyrrole nitrogens is 1. The highest BCUT2D eigenvalue weighted by Crippen LogP contribution is 2.26. The Morgan fingerprint density at radius 3 is 2.56 bits per heavy atom. The average Bonchev–Trinajstić information content (AvgIpc) is 3.10. The van der Waals surface area contributed by atoms with Crippen molar-refractivity contribution >= 4 is 5.95 Å². The second-order valence-corrected chi connectivity index (χ2v) is 6.40. The number of nitrogens with one attached hydrogen (secondary N) is 1. The van der Waals surface area contributed by atoms with Crippen LogP contribution in [0.2, 0.25) is 0 Å². The molecule has 4 heterocycles. The van der Waals surface area contributed by atoms with Gasteiger partial charge in [-0.3, -0.25) is 20.0 Å². The molecule has 0 aliphatic carbocycles. The van der Waals surface area contributed by atoms with E-state index in [9.17, 15) is 0 Å². The van der Waals surface area contributed by atoms with Crippen LogP contribution in [0.5, 0.6) is 0 Å². The number of pyridine rings is 2. The van der Waals surface area contributed by atoms with E-state index in [4.69, 9.17) is 5.73 Å². The summed E-state index contributed by atoms with van der Waals surface area (Å²) in [4.78, 5) is 15.6. The van der Waals surface area contributed by atoms with Crippen LogP contribution < -0.4 is 5.73 Å². The third-order valence-electron chi connectivity index (χ3n) is 4.65. The molecule has 1 saturated heterocycles. The molecule has 3 aromatic heterocycles. The van der Waals surface area contributed by atoms with Crippen molar-refractivity contribution in [2.24, 2.45) is 0 Å². The molecule has 0 radical (unpaired) electrons. The van der Waals surface area contributed by atoms with Gasteiger partial charge in [0.1, 0.15) is 5.82 Å². The Morgan fingerprint density at radius 1 is 1.08 bits per heavy atom. The lowest BCUT2D eigenvalue weighted by Crippen LogP contribution is -2.32. The second kappa shape index (κ2) is 6.98. The number of aromatic amines is 1. The molecule has 0 aromatic carbocycles. The summed E-state index contributed by atoms with van der Waals surface area (Å²) in [6, 6.07) is 10.0. The van der Waals surface area contributed by atoms with Crippen LogP contribution in [0.25, 0.3) is 11.4 Å². The van der Waals surface area contributed by atoms with Crippen LogP contribution >= 0.6 is 0 Å². The maximum absolute atomic E-state index is 5.59. The summed E-state index contributed by atoms with van der Waals surface area (Å²) in [6.45, 7) is 2.99. The van der Waals surface area contributed by atoms with Gasteiger partial charge in [0.15, 0.2) is 0 Å². The zero-order chi connectivity index (χ0) is 17.1. The molecule has 3 N–H and O–H groups in total. The number of hydrogen-bond donors (Lipinski definition) is 2. The third-order valence-corrected chi connectivity index (χ3v) is 4.65. The van der Waals surface area contributed by atoms with E-state index in [2.05, 4.69) is 36.1 Å². The molecule has 0 spiro atoms. The lowest BCUT2D eigenvalue weighted by Gasteiger charge is -2.30. The van der Waals surface area contributed by atoms with Crippen molar-refractivity contribution in [1.82, 2.24) is 30.0 Å². The summed E-state index contributed by atoms with van der Waals surface area (Å²) in [5, 5.41) is 6.87. The van der Waals surface area contributed by atoms with E-state index < -0.39 is 0 Å². The minimum absolute atomic E-state index is 0.330. The lowest BCUT2D eigenvalue weighted by atomic mass is 9.96. The van der Waals surface area contributed by atoms with Crippen LogP contribution in [-0.2, 0) is 6.54 Å². The molecule has 1 aliphatic rings. The zero-order valence-electron chi connectivity index (χ0n) is 14.0.